The number of hydrogen-bond acceptors (Lipinski definition) is 2. The summed E-state index contributed by atoms with van der Waals surface area (Å²) in [5, 5.41) is 0. The van der Waals surface area contributed by atoms with Crippen molar-refractivity contribution >= 4 is 0 Å². The summed E-state index contributed by atoms with van der Waals surface area (Å²) in [7, 11) is 2.24. The number of hydrogen-bond donors (Lipinski definition) is 0. The van der Waals surface area contributed by atoms with Crippen LogP contribution in [0.5, 0.6) is 0 Å². The van der Waals surface area contributed by atoms with E-state index >= 15 is 0 Å². The van der Waals surface area contributed by atoms with E-state index in [0.29, 0.717) is 0 Å². The third-order valence-corrected chi connectivity index (χ3v) is 4.02. The summed E-state index contributed by atoms with van der Waals surface area (Å²) >= 11 is 0. The van der Waals surface area contributed by atoms with Crippen LogP contribution in [-0.2, 0) is 13.0 Å². The minimum Gasteiger partial charge on any atom is -0.332 e. The lowest BCUT2D eigenvalue weighted by molar-refractivity contribution is 0.193. The van der Waals surface area contributed by atoms with Crippen LogP contribution in [0.1, 0.15) is 37.0 Å². The summed E-state index contributed by atoms with van der Waals surface area (Å²) in [5.41, 5.74) is 2.56. The van der Waals surface area contributed by atoms with E-state index in [1.165, 1.54) is 43.1 Å². The molecule has 3 heteroatoms. The molecule has 1 aromatic heterocycles. The van der Waals surface area contributed by atoms with Crippen LogP contribution >= 0.6 is 0 Å². The summed E-state index contributed by atoms with van der Waals surface area (Å²) in [6.45, 7) is 10.2. The van der Waals surface area contributed by atoms with Gasteiger partial charge in [-0.1, -0.05) is 6.92 Å². The van der Waals surface area contributed by atoms with Crippen LogP contribution in [-0.4, -0.2) is 34.6 Å². The van der Waals surface area contributed by atoms with Crippen LogP contribution in [0.2, 0.25) is 0 Å². The number of nitrogens with zero attached hydrogens (tertiary/aromatic N) is 3. The molecule has 0 radical (unpaired) electrons. The summed E-state index contributed by atoms with van der Waals surface area (Å²) in [5.74, 6) is 2.06. The van der Waals surface area contributed by atoms with Gasteiger partial charge in [0.15, 0.2) is 0 Å². The molecule has 1 saturated heterocycles. The van der Waals surface area contributed by atoms with Crippen molar-refractivity contribution in [2.45, 2.75) is 46.6 Å². The van der Waals surface area contributed by atoms with Gasteiger partial charge in [-0.2, -0.15) is 0 Å². The SMILES string of the molecule is CCc1nc(C)c(C)n1C[C@@H]1CCCN(C)C1. The molecule has 17 heavy (non-hydrogen) atoms. The fourth-order valence-corrected chi connectivity index (χ4v) is 2.92. The lowest BCUT2D eigenvalue weighted by Gasteiger charge is -2.30. The van der Waals surface area contributed by atoms with Crippen LogP contribution < -0.4 is 0 Å². The molecule has 96 valence electrons. The monoisotopic (exact) mass is 235 g/mol. The molecule has 0 aromatic carbocycles. The minimum absolute atomic E-state index is 0.798. The van der Waals surface area contributed by atoms with Crippen molar-refractivity contribution in [1.82, 2.24) is 14.5 Å². The molecule has 1 atom stereocenters. The molecule has 0 amide bonds. The van der Waals surface area contributed by atoms with Crippen molar-refractivity contribution in [2.24, 2.45) is 5.92 Å². The standard InChI is InChI=1S/C14H25N3/c1-5-14-15-11(2)12(3)17(14)10-13-7-6-8-16(4)9-13/h13H,5-10H2,1-4H3/t13-/m1/s1. The van der Waals surface area contributed by atoms with E-state index in [0.717, 1.165) is 18.9 Å². The van der Waals surface area contributed by atoms with Gasteiger partial charge in [-0.15, -0.1) is 0 Å². The van der Waals surface area contributed by atoms with Crippen molar-refractivity contribution in [3.05, 3.63) is 17.2 Å². The van der Waals surface area contributed by atoms with Crippen LogP contribution in [0.25, 0.3) is 0 Å². The number of aromatic nitrogens is 2. The Morgan fingerprint density at radius 1 is 1.35 bits per heavy atom. The first-order chi connectivity index (χ1) is 8.11. The zero-order valence-corrected chi connectivity index (χ0v) is 11.7. The summed E-state index contributed by atoms with van der Waals surface area (Å²) in [6, 6.07) is 0. The minimum atomic E-state index is 0.798. The Morgan fingerprint density at radius 3 is 2.76 bits per heavy atom. The van der Waals surface area contributed by atoms with E-state index in [2.05, 4.69) is 42.3 Å². The molecule has 2 rings (SSSR count). The average molecular weight is 235 g/mol. The van der Waals surface area contributed by atoms with Crippen molar-refractivity contribution in [3.8, 4) is 0 Å². The Kier molecular flexibility index (Phi) is 3.87. The van der Waals surface area contributed by atoms with Gasteiger partial charge in [0.25, 0.3) is 0 Å². The highest BCUT2D eigenvalue weighted by Crippen LogP contribution is 2.20. The summed E-state index contributed by atoms with van der Waals surface area (Å²) in [6.07, 6.45) is 3.75. The fourth-order valence-electron chi connectivity index (χ4n) is 2.92. The quantitative estimate of drug-likeness (QED) is 0.802. The molecule has 0 aliphatic carbocycles. The molecule has 0 bridgehead atoms. The van der Waals surface area contributed by atoms with Crippen molar-refractivity contribution in [3.63, 3.8) is 0 Å². The Morgan fingerprint density at radius 2 is 2.12 bits per heavy atom. The van der Waals surface area contributed by atoms with Gasteiger partial charge in [0.1, 0.15) is 5.82 Å². The fraction of sp³-hybridized carbons (Fsp3) is 0.786. The lowest BCUT2D eigenvalue weighted by Crippen LogP contribution is -2.34. The van der Waals surface area contributed by atoms with Gasteiger partial charge in [0.05, 0.1) is 5.69 Å². The molecule has 1 aliphatic rings. The Hall–Kier alpha value is -0.830. The predicted octanol–water partition coefficient (Wildman–Crippen LogP) is 2.40. The van der Waals surface area contributed by atoms with E-state index in [4.69, 9.17) is 0 Å². The smallest absolute Gasteiger partial charge is 0.108 e. The molecular weight excluding hydrogens is 210 g/mol. The van der Waals surface area contributed by atoms with Gasteiger partial charge in [-0.25, -0.2) is 4.98 Å². The first-order valence-electron chi connectivity index (χ1n) is 6.83. The molecule has 1 fully saturated rings. The highest BCUT2D eigenvalue weighted by atomic mass is 15.1. The number of aryl methyl sites for hydroxylation is 2. The van der Waals surface area contributed by atoms with E-state index in [-0.39, 0.29) is 0 Å². The molecule has 2 heterocycles. The van der Waals surface area contributed by atoms with Crippen molar-refractivity contribution in [1.29, 1.82) is 0 Å². The van der Waals surface area contributed by atoms with Crippen LogP contribution in [0, 0.1) is 19.8 Å². The Bertz CT molecular complexity index is 381. The van der Waals surface area contributed by atoms with Gasteiger partial charge in [-0.05, 0) is 46.2 Å². The Labute approximate surface area is 105 Å². The lowest BCUT2D eigenvalue weighted by atomic mass is 9.98. The molecule has 0 saturated carbocycles. The van der Waals surface area contributed by atoms with Gasteiger partial charge in [0.2, 0.25) is 0 Å². The topological polar surface area (TPSA) is 21.1 Å². The Balaban J connectivity index is 2.12. The molecule has 0 unspecified atom stereocenters. The van der Waals surface area contributed by atoms with Crippen LogP contribution in [0.3, 0.4) is 0 Å². The van der Waals surface area contributed by atoms with Crippen LogP contribution in [0.4, 0.5) is 0 Å². The van der Waals surface area contributed by atoms with Crippen molar-refractivity contribution in [2.75, 3.05) is 20.1 Å². The van der Waals surface area contributed by atoms with Gasteiger partial charge >= 0.3 is 0 Å². The maximum atomic E-state index is 4.66. The number of likely N-dealkylation sites (tertiary alicyclic amines) is 1. The zero-order valence-electron chi connectivity index (χ0n) is 11.7. The van der Waals surface area contributed by atoms with Gasteiger partial charge in [-0.3, -0.25) is 0 Å². The molecule has 0 N–H and O–H groups in total. The second kappa shape index (κ2) is 5.21. The highest BCUT2D eigenvalue weighted by molar-refractivity contribution is 5.14. The highest BCUT2D eigenvalue weighted by Gasteiger charge is 2.20. The third-order valence-electron chi connectivity index (χ3n) is 4.02. The second-order valence-corrected chi connectivity index (χ2v) is 5.43. The first-order valence-corrected chi connectivity index (χ1v) is 6.83. The maximum absolute atomic E-state index is 4.66. The van der Waals surface area contributed by atoms with E-state index in [9.17, 15) is 0 Å². The van der Waals surface area contributed by atoms with E-state index < -0.39 is 0 Å². The van der Waals surface area contributed by atoms with E-state index in [1.54, 1.807) is 0 Å². The number of imidazole rings is 1. The summed E-state index contributed by atoms with van der Waals surface area (Å²) < 4.78 is 2.44. The molecular formula is C14H25N3. The molecule has 1 aromatic rings. The maximum Gasteiger partial charge on any atom is 0.108 e. The number of piperidine rings is 1. The third kappa shape index (κ3) is 2.71. The van der Waals surface area contributed by atoms with E-state index in [1.807, 2.05) is 0 Å². The van der Waals surface area contributed by atoms with Crippen LogP contribution in [0.15, 0.2) is 0 Å². The number of rotatable bonds is 3. The normalized spacial score (nSPS) is 22.0. The second-order valence-electron chi connectivity index (χ2n) is 5.43. The summed E-state index contributed by atoms with van der Waals surface area (Å²) in [4.78, 5) is 7.12. The molecule has 3 nitrogen and oxygen atoms in total. The average Bonchev–Trinajstić information content (AvgIpc) is 2.57. The van der Waals surface area contributed by atoms with Gasteiger partial charge < -0.3 is 9.47 Å². The first kappa shape index (κ1) is 12.6. The molecule has 1 aliphatic heterocycles. The van der Waals surface area contributed by atoms with Gasteiger partial charge in [0, 0.05) is 25.2 Å². The van der Waals surface area contributed by atoms with Crippen molar-refractivity contribution < 1.29 is 0 Å². The predicted molar refractivity (Wildman–Crippen MR) is 71.3 cm³/mol. The zero-order chi connectivity index (χ0) is 12.4. The largest absolute Gasteiger partial charge is 0.332 e. The molecule has 0 spiro atoms.